The summed E-state index contributed by atoms with van der Waals surface area (Å²) >= 11 is 1.55. The van der Waals surface area contributed by atoms with Crippen molar-refractivity contribution in [3.8, 4) is 0 Å². The Morgan fingerprint density at radius 1 is 0.759 bits per heavy atom. The Bertz CT molecular complexity index is 1300. The predicted molar refractivity (Wildman–Crippen MR) is 218 cm³/mol. The number of benzene rings is 1. The Hall–Kier alpha value is -3.16. The predicted octanol–water partition coefficient (Wildman–Crippen LogP) is 5.22. The Morgan fingerprint density at radius 3 is 1.85 bits per heavy atom. The summed E-state index contributed by atoms with van der Waals surface area (Å²) in [6, 6.07) is 6.56. The molecule has 1 aromatic rings. The van der Waals surface area contributed by atoms with E-state index < -0.39 is 53.8 Å². The van der Waals surface area contributed by atoms with E-state index in [-0.39, 0.29) is 54.2 Å². The first-order valence-electron chi connectivity index (χ1n) is 19.5. The molecule has 0 fully saturated rings. The van der Waals surface area contributed by atoms with E-state index in [9.17, 15) is 29.1 Å². The SMILES string of the molecule is CSCC[C@@H](NC(=O)[C@@H](NC(=O)OC(C)(C)C)C(C)C)C(=O)CN[C@@H](CC(C)C)[C@@H](O)C[C@@H](CC(C)C)C(=O)N[C@@H](C(=O)NCc1ccccc1)C(C)C. The largest absolute Gasteiger partial charge is 0.444 e. The van der Waals surface area contributed by atoms with Crippen LogP contribution in [0.3, 0.4) is 0 Å². The molecule has 0 bridgehead atoms. The molecule has 1 aromatic carbocycles. The highest BCUT2D eigenvalue weighted by Crippen LogP contribution is 2.22. The molecule has 0 aliphatic heterocycles. The summed E-state index contributed by atoms with van der Waals surface area (Å²) in [4.78, 5) is 66.6. The van der Waals surface area contributed by atoms with Gasteiger partial charge in [-0.15, -0.1) is 0 Å². The number of aliphatic hydroxyl groups excluding tert-OH is 1. The van der Waals surface area contributed by atoms with E-state index in [0.717, 1.165) is 5.56 Å². The van der Waals surface area contributed by atoms with Crippen molar-refractivity contribution < 1.29 is 33.8 Å². The summed E-state index contributed by atoms with van der Waals surface area (Å²) in [6.45, 7) is 20.9. The van der Waals surface area contributed by atoms with Gasteiger partial charge >= 0.3 is 6.09 Å². The Labute approximate surface area is 329 Å². The van der Waals surface area contributed by atoms with Crippen LogP contribution < -0.4 is 26.6 Å². The van der Waals surface area contributed by atoms with Crippen molar-refractivity contribution in [3.63, 3.8) is 0 Å². The Morgan fingerprint density at radius 2 is 1.33 bits per heavy atom. The monoisotopic (exact) mass is 778 g/mol. The third kappa shape index (κ3) is 19.4. The van der Waals surface area contributed by atoms with Gasteiger partial charge in [0, 0.05) is 18.5 Å². The molecule has 0 unspecified atom stereocenters. The summed E-state index contributed by atoms with van der Waals surface area (Å²) in [6.07, 6.45) is 1.80. The van der Waals surface area contributed by atoms with Crippen LogP contribution in [-0.4, -0.2) is 89.1 Å². The maximum atomic E-state index is 13.8. The number of aliphatic hydroxyl groups is 1. The number of thioether (sulfide) groups is 1. The van der Waals surface area contributed by atoms with Crippen molar-refractivity contribution in [3.05, 3.63) is 35.9 Å². The van der Waals surface area contributed by atoms with Gasteiger partial charge in [0.05, 0.1) is 18.7 Å². The second kappa shape index (κ2) is 24.4. The molecule has 6 atom stereocenters. The van der Waals surface area contributed by atoms with Crippen molar-refractivity contribution in [1.29, 1.82) is 0 Å². The number of rotatable bonds is 24. The van der Waals surface area contributed by atoms with E-state index in [1.54, 1.807) is 46.4 Å². The number of hydrogen-bond donors (Lipinski definition) is 6. The summed E-state index contributed by atoms with van der Waals surface area (Å²) in [5.74, 6) is -1.38. The van der Waals surface area contributed by atoms with E-state index in [2.05, 4.69) is 26.6 Å². The number of carbonyl (C=O) groups excluding carboxylic acids is 5. The third-order valence-electron chi connectivity index (χ3n) is 8.87. The van der Waals surface area contributed by atoms with Crippen LogP contribution in [0.15, 0.2) is 30.3 Å². The maximum Gasteiger partial charge on any atom is 0.408 e. The molecule has 0 saturated carbocycles. The molecule has 0 saturated heterocycles. The molecule has 1 rings (SSSR count). The van der Waals surface area contributed by atoms with Gasteiger partial charge in [-0.25, -0.2) is 4.79 Å². The zero-order valence-electron chi connectivity index (χ0n) is 34.9. The molecule has 6 N–H and O–H groups in total. The molecule has 0 aromatic heterocycles. The number of alkyl carbamates (subject to hydrolysis) is 1. The van der Waals surface area contributed by atoms with Crippen molar-refractivity contribution in [2.24, 2.45) is 29.6 Å². The van der Waals surface area contributed by atoms with Gasteiger partial charge in [-0.05, 0) is 87.7 Å². The second-order valence-electron chi connectivity index (χ2n) is 16.9. The number of Topliss-reactive ketones (excluding diaryl/α,β-unsaturated/α-hetero) is 1. The molecule has 13 heteroatoms. The average Bonchev–Trinajstić information content (AvgIpc) is 3.06. The van der Waals surface area contributed by atoms with Crippen LogP contribution in [0, 0.1) is 29.6 Å². The molecule has 0 aliphatic rings. The normalized spacial score (nSPS) is 15.3. The fourth-order valence-electron chi connectivity index (χ4n) is 6.06. The minimum absolute atomic E-state index is 0.113. The van der Waals surface area contributed by atoms with E-state index >= 15 is 0 Å². The number of carbonyl (C=O) groups is 5. The van der Waals surface area contributed by atoms with Gasteiger partial charge in [0.15, 0.2) is 5.78 Å². The molecule has 0 aliphatic carbocycles. The van der Waals surface area contributed by atoms with Crippen LogP contribution in [-0.2, 0) is 30.5 Å². The zero-order valence-corrected chi connectivity index (χ0v) is 35.7. The van der Waals surface area contributed by atoms with Gasteiger partial charge in [-0.2, -0.15) is 11.8 Å². The van der Waals surface area contributed by atoms with Crippen LogP contribution in [0.2, 0.25) is 0 Å². The first-order valence-corrected chi connectivity index (χ1v) is 20.9. The van der Waals surface area contributed by atoms with E-state index in [4.69, 9.17) is 4.74 Å². The Kier molecular flexibility index (Phi) is 22.1. The average molecular weight is 778 g/mol. The molecule has 0 heterocycles. The quantitative estimate of drug-likeness (QED) is 0.0823. The van der Waals surface area contributed by atoms with Gasteiger partial charge in [0.25, 0.3) is 0 Å². The standard InChI is InChI=1S/C41H71N5O7S/c1-25(2)20-30(37(49)45-35(27(5)6)38(50)43-23-29-16-14-13-15-17-29)22-33(47)32(21-26(3)4)42-24-34(48)31(18-19-54-12)44-39(51)36(28(7)8)46-40(52)53-41(9,10)11/h13-17,25-28,30-33,35-36,42,47H,18-24H2,1-12H3,(H,43,50)(H,44,51)(H,45,49)(H,46,52)/t30-,31-,32+,33+,35-,36+/m1/s1. The van der Waals surface area contributed by atoms with E-state index in [1.165, 1.54) is 0 Å². The fourth-order valence-corrected chi connectivity index (χ4v) is 6.53. The summed E-state index contributed by atoms with van der Waals surface area (Å²) in [5, 5.41) is 26.3. The van der Waals surface area contributed by atoms with Gasteiger partial charge in [0.1, 0.15) is 17.7 Å². The highest BCUT2D eigenvalue weighted by atomic mass is 32.2. The lowest BCUT2D eigenvalue weighted by Gasteiger charge is -2.31. The molecule has 0 spiro atoms. The number of nitrogens with one attached hydrogen (secondary N) is 5. The van der Waals surface area contributed by atoms with Gasteiger partial charge < -0.3 is 36.4 Å². The van der Waals surface area contributed by atoms with E-state index in [0.29, 0.717) is 31.6 Å². The van der Waals surface area contributed by atoms with E-state index in [1.807, 2.05) is 78.1 Å². The molecule has 0 radical (unpaired) electrons. The minimum Gasteiger partial charge on any atom is -0.444 e. The third-order valence-corrected chi connectivity index (χ3v) is 9.52. The molecule has 54 heavy (non-hydrogen) atoms. The highest BCUT2D eigenvalue weighted by molar-refractivity contribution is 7.98. The lowest BCUT2D eigenvalue weighted by Crippen LogP contribution is -2.56. The van der Waals surface area contributed by atoms with Crippen LogP contribution in [0.4, 0.5) is 4.79 Å². The van der Waals surface area contributed by atoms with Crippen LogP contribution >= 0.6 is 11.8 Å². The number of hydrogen-bond acceptors (Lipinski definition) is 9. The lowest BCUT2D eigenvalue weighted by atomic mass is 9.86. The minimum atomic E-state index is -0.971. The molecule has 308 valence electrons. The van der Waals surface area contributed by atoms with Crippen molar-refractivity contribution >= 4 is 41.4 Å². The maximum absolute atomic E-state index is 13.8. The smallest absolute Gasteiger partial charge is 0.408 e. The summed E-state index contributed by atoms with van der Waals surface area (Å²) < 4.78 is 5.36. The number of ether oxygens (including phenoxy) is 1. The van der Waals surface area contributed by atoms with Gasteiger partial charge in [-0.1, -0.05) is 85.7 Å². The van der Waals surface area contributed by atoms with Crippen molar-refractivity contribution in [2.45, 2.75) is 144 Å². The first-order chi connectivity index (χ1) is 25.1. The van der Waals surface area contributed by atoms with Crippen molar-refractivity contribution in [1.82, 2.24) is 26.6 Å². The highest BCUT2D eigenvalue weighted by Gasteiger charge is 2.34. The van der Waals surface area contributed by atoms with Crippen LogP contribution in [0.5, 0.6) is 0 Å². The second-order valence-corrected chi connectivity index (χ2v) is 17.8. The summed E-state index contributed by atoms with van der Waals surface area (Å²) in [7, 11) is 0. The molecular weight excluding hydrogens is 707 g/mol. The molecule has 4 amide bonds. The number of amides is 4. The lowest BCUT2D eigenvalue weighted by molar-refractivity contribution is -0.133. The molecular formula is C41H71N5O7S. The van der Waals surface area contributed by atoms with Crippen LogP contribution in [0.1, 0.15) is 107 Å². The molecule has 12 nitrogen and oxygen atoms in total. The van der Waals surface area contributed by atoms with Gasteiger partial charge in [-0.3, -0.25) is 19.2 Å². The summed E-state index contributed by atoms with van der Waals surface area (Å²) in [5.41, 5.74) is 0.214. The van der Waals surface area contributed by atoms with Crippen LogP contribution in [0.25, 0.3) is 0 Å². The number of ketones is 1. The van der Waals surface area contributed by atoms with Gasteiger partial charge in [0.2, 0.25) is 17.7 Å². The zero-order chi connectivity index (χ0) is 41.2. The fraction of sp³-hybridized carbons (Fsp3) is 0.732. The topological polar surface area (TPSA) is 175 Å². The first kappa shape index (κ1) is 48.9. The van der Waals surface area contributed by atoms with Crippen molar-refractivity contribution in [2.75, 3.05) is 18.6 Å². The Balaban J connectivity index is 3.09.